The van der Waals surface area contributed by atoms with Gasteiger partial charge < -0.3 is 5.32 Å². The van der Waals surface area contributed by atoms with E-state index in [4.69, 9.17) is 0 Å². The Morgan fingerprint density at radius 3 is 2.21 bits per heavy atom. The molecule has 0 aromatic heterocycles. The minimum absolute atomic E-state index is 0.0733. The van der Waals surface area contributed by atoms with Gasteiger partial charge in [0.15, 0.2) is 0 Å². The zero-order valence-electron chi connectivity index (χ0n) is 14.6. The molecule has 1 N–H and O–H groups in total. The molecular formula is C21H25NO2. The third-order valence-corrected chi connectivity index (χ3v) is 4.49. The van der Waals surface area contributed by atoms with Crippen molar-refractivity contribution in [2.24, 2.45) is 5.41 Å². The Kier molecular flexibility index (Phi) is 5.91. The SMILES string of the molecule is CCC(C)(C)C(=O)Cc1ccccc1NC(=O)Cc1ccccc1. The van der Waals surface area contributed by atoms with Gasteiger partial charge in [-0.1, -0.05) is 69.3 Å². The molecule has 2 rings (SSSR count). The number of rotatable bonds is 7. The van der Waals surface area contributed by atoms with E-state index in [0.29, 0.717) is 12.8 Å². The summed E-state index contributed by atoms with van der Waals surface area (Å²) in [6, 6.07) is 17.1. The number of hydrogen-bond donors (Lipinski definition) is 1. The number of benzene rings is 2. The predicted molar refractivity (Wildman–Crippen MR) is 98.0 cm³/mol. The molecule has 2 aromatic rings. The van der Waals surface area contributed by atoms with E-state index in [2.05, 4.69) is 5.32 Å². The molecule has 0 aliphatic heterocycles. The fraction of sp³-hybridized carbons (Fsp3) is 0.333. The van der Waals surface area contributed by atoms with Gasteiger partial charge in [0.25, 0.3) is 0 Å². The van der Waals surface area contributed by atoms with Crippen molar-refractivity contribution in [1.82, 2.24) is 0 Å². The summed E-state index contributed by atoms with van der Waals surface area (Å²) in [5.41, 5.74) is 2.21. The van der Waals surface area contributed by atoms with Crippen molar-refractivity contribution in [1.29, 1.82) is 0 Å². The number of nitrogens with one attached hydrogen (secondary N) is 1. The lowest BCUT2D eigenvalue weighted by atomic mass is 9.82. The normalized spacial score (nSPS) is 11.1. The Balaban J connectivity index is 2.08. The molecule has 0 saturated carbocycles. The van der Waals surface area contributed by atoms with Gasteiger partial charge in [-0.15, -0.1) is 0 Å². The smallest absolute Gasteiger partial charge is 0.228 e. The first-order valence-corrected chi connectivity index (χ1v) is 8.37. The van der Waals surface area contributed by atoms with Gasteiger partial charge in [0.05, 0.1) is 6.42 Å². The molecule has 24 heavy (non-hydrogen) atoms. The van der Waals surface area contributed by atoms with Crippen molar-refractivity contribution >= 4 is 17.4 Å². The Bertz CT molecular complexity index is 705. The summed E-state index contributed by atoms with van der Waals surface area (Å²) in [4.78, 5) is 24.8. The van der Waals surface area contributed by atoms with Gasteiger partial charge in [-0.05, 0) is 23.6 Å². The number of Topliss-reactive ketones (excluding diaryl/α,β-unsaturated/α-hetero) is 1. The Morgan fingerprint density at radius 2 is 1.54 bits per heavy atom. The van der Waals surface area contributed by atoms with Crippen LogP contribution in [0.1, 0.15) is 38.3 Å². The van der Waals surface area contributed by atoms with E-state index in [1.54, 1.807) is 0 Å². The van der Waals surface area contributed by atoms with Crippen molar-refractivity contribution in [2.75, 3.05) is 5.32 Å². The lowest BCUT2D eigenvalue weighted by Crippen LogP contribution is -2.25. The topological polar surface area (TPSA) is 46.2 Å². The number of carbonyl (C=O) groups is 2. The number of ketones is 1. The van der Waals surface area contributed by atoms with Crippen LogP contribution in [0.5, 0.6) is 0 Å². The van der Waals surface area contributed by atoms with Crippen LogP contribution in [0.25, 0.3) is 0 Å². The number of anilines is 1. The number of carbonyl (C=O) groups excluding carboxylic acids is 2. The summed E-state index contributed by atoms with van der Waals surface area (Å²) in [5.74, 6) is 0.116. The van der Waals surface area contributed by atoms with Gasteiger partial charge >= 0.3 is 0 Å². The summed E-state index contributed by atoms with van der Waals surface area (Å²) >= 11 is 0. The fourth-order valence-corrected chi connectivity index (χ4v) is 2.38. The molecule has 0 unspecified atom stereocenters. The fourth-order valence-electron chi connectivity index (χ4n) is 2.38. The highest BCUT2D eigenvalue weighted by Crippen LogP contribution is 2.25. The summed E-state index contributed by atoms with van der Waals surface area (Å²) in [5, 5.41) is 2.94. The lowest BCUT2D eigenvalue weighted by Gasteiger charge is -2.21. The average molecular weight is 323 g/mol. The molecule has 0 bridgehead atoms. The van der Waals surface area contributed by atoms with Crippen LogP contribution in [0.4, 0.5) is 5.69 Å². The van der Waals surface area contributed by atoms with Crippen LogP contribution < -0.4 is 5.32 Å². The van der Waals surface area contributed by atoms with E-state index in [1.807, 2.05) is 75.4 Å². The number of para-hydroxylation sites is 1. The van der Waals surface area contributed by atoms with Gasteiger partial charge in [-0.25, -0.2) is 0 Å². The summed E-state index contributed by atoms with van der Waals surface area (Å²) in [7, 11) is 0. The van der Waals surface area contributed by atoms with Gasteiger partial charge in [0.1, 0.15) is 5.78 Å². The number of amides is 1. The molecule has 0 fully saturated rings. The van der Waals surface area contributed by atoms with Crippen molar-refractivity contribution in [3.05, 3.63) is 65.7 Å². The van der Waals surface area contributed by atoms with Gasteiger partial charge in [0, 0.05) is 17.5 Å². The monoisotopic (exact) mass is 323 g/mol. The second-order valence-corrected chi connectivity index (χ2v) is 6.71. The van der Waals surface area contributed by atoms with Crippen LogP contribution in [-0.2, 0) is 22.4 Å². The van der Waals surface area contributed by atoms with Crippen LogP contribution in [0, 0.1) is 5.41 Å². The molecule has 0 aliphatic rings. The Hall–Kier alpha value is -2.42. The van der Waals surface area contributed by atoms with Gasteiger partial charge in [-0.2, -0.15) is 0 Å². The standard InChI is InChI=1S/C21H25NO2/c1-4-21(2,3)19(23)15-17-12-8-9-13-18(17)22-20(24)14-16-10-6-5-7-11-16/h5-13H,4,14-15H2,1-3H3,(H,22,24). The first kappa shape index (κ1) is 17.9. The van der Waals surface area contributed by atoms with Crippen LogP contribution in [-0.4, -0.2) is 11.7 Å². The van der Waals surface area contributed by atoms with E-state index >= 15 is 0 Å². The third-order valence-electron chi connectivity index (χ3n) is 4.49. The van der Waals surface area contributed by atoms with Crippen molar-refractivity contribution < 1.29 is 9.59 Å². The minimum Gasteiger partial charge on any atom is -0.326 e. The highest BCUT2D eigenvalue weighted by Gasteiger charge is 2.25. The molecule has 0 radical (unpaired) electrons. The van der Waals surface area contributed by atoms with Crippen LogP contribution in [0.3, 0.4) is 0 Å². The molecule has 0 aliphatic carbocycles. The zero-order valence-corrected chi connectivity index (χ0v) is 14.6. The first-order valence-electron chi connectivity index (χ1n) is 8.37. The molecule has 1 amide bonds. The summed E-state index contributed by atoms with van der Waals surface area (Å²) in [6.45, 7) is 5.95. The Labute approximate surface area is 144 Å². The molecule has 3 heteroatoms. The predicted octanol–water partition coefficient (Wildman–Crippen LogP) is 4.42. The van der Waals surface area contributed by atoms with Crippen LogP contribution in [0.15, 0.2) is 54.6 Å². The van der Waals surface area contributed by atoms with E-state index in [1.165, 1.54) is 0 Å². The molecule has 0 saturated heterocycles. The molecule has 0 spiro atoms. The van der Waals surface area contributed by atoms with Gasteiger partial charge in [0.2, 0.25) is 5.91 Å². The first-order chi connectivity index (χ1) is 11.4. The van der Waals surface area contributed by atoms with E-state index in [-0.39, 0.29) is 17.1 Å². The molecule has 0 heterocycles. The molecule has 0 atom stereocenters. The van der Waals surface area contributed by atoms with Crippen molar-refractivity contribution in [3.63, 3.8) is 0 Å². The maximum Gasteiger partial charge on any atom is 0.228 e. The second-order valence-electron chi connectivity index (χ2n) is 6.71. The summed E-state index contributed by atoms with van der Waals surface area (Å²) in [6.07, 6.45) is 1.46. The van der Waals surface area contributed by atoms with E-state index < -0.39 is 0 Å². The lowest BCUT2D eigenvalue weighted by molar-refractivity contribution is -0.126. The highest BCUT2D eigenvalue weighted by molar-refractivity contribution is 5.94. The van der Waals surface area contributed by atoms with Crippen LogP contribution >= 0.6 is 0 Å². The zero-order chi connectivity index (χ0) is 17.6. The van der Waals surface area contributed by atoms with Crippen LogP contribution in [0.2, 0.25) is 0 Å². The highest BCUT2D eigenvalue weighted by atomic mass is 16.1. The van der Waals surface area contributed by atoms with E-state index in [9.17, 15) is 9.59 Å². The maximum absolute atomic E-state index is 12.5. The minimum atomic E-state index is -0.346. The van der Waals surface area contributed by atoms with Gasteiger partial charge in [-0.3, -0.25) is 9.59 Å². The molecule has 2 aromatic carbocycles. The maximum atomic E-state index is 12.5. The third kappa shape index (κ3) is 4.79. The summed E-state index contributed by atoms with van der Waals surface area (Å²) < 4.78 is 0. The average Bonchev–Trinajstić information content (AvgIpc) is 2.57. The quantitative estimate of drug-likeness (QED) is 0.820. The molecular weight excluding hydrogens is 298 g/mol. The Morgan fingerprint density at radius 1 is 0.917 bits per heavy atom. The molecule has 3 nitrogen and oxygen atoms in total. The largest absolute Gasteiger partial charge is 0.326 e. The van der Waals surface area contributed by atoms with Crippen molar-refractivity contribution in [3.8, 4) is 0 Å². The number of hydrogen-bond acceptors (Lipinski definition) is 2. The van der Waals surface area contributed by atoms with Crippen molar-refractivity contribution in [2.45, 2.75) is 40.0 Å². The van der Waals surface area contributed by atoms with E-state index in [0.717, 1.165) is 23.2 Å². The second kappa shape index (κ2) is 7.91. The molecule has 126 valence electrons.